The quantitative estimate of drug-likeness (QED) is 0.804. The topological polar surface area (TPSA) is 32.8 Å². The van der Waals surface area contributed by atoms with Crippen molar-refractivity contribution < 1.29 is 9.53 Å². The molecular weight excluding hydrogens is 228 g/mol. The molecule has 0 aromatic heterocycles. The molecule has 2 rings (SSSR count). The number of carbonyl (C=O) groups is 1. The minimum Gasteiger partial charge on any atom is -0.410 e. The Morgan fingerprint density at radius 2 is 1.78 bits per heavy atom. The maximum absolute atomic E-state index is 11.9. The predicted octanol–water partition coefficient (Wildman–Crippen LogP) is 2.13. The number of hydrogen-bond donors (Lipinski definition) is 0. The number of piperazine rings is 1. The lowest BCUT2D eigenvalue weighted by atomic mass is 10.2. The number of aryl methyl sites for hydroxylation is 1. The van der Waals surface area contributed by atoms with Crippen LogP contribution in [0.15, 0.2) is 24.3 Å². The highest BCUT2D eigenvalue weighted by molar-refractivity contribution is 5.70. The van der Waals surface area contributed by atoms with E-state index in [0.717, 1.165) is 38.3 Å². The SMILES string of the molecule is CCN1CCN(C(=O)Oc2ccc(C)cc2)CC1. The average Bonchev–Trinajstić information content (AvgIpc) is 2.41. The Morgan fingerprint density at radius 1 is 1.17 bits per heavy atom. The van der Waals surface area contributed by atoms with Gasteiger partial charge in [-0.15, -0.1) is 0 Å². The normalized spacial score (nSPS) is 16.7. The molecule has 0 saturated carbocycles. The fourth-order valence-electron chi connectivity index (χ4n) is 2.02. The van der Waals surface area contributed by atoms with Crippen molar-refractivity contribution in [3.05, 3.63) is 29.8 Å². The lowest BCUT2D eigenvalue weighted by Gasteiger charge is -2.33. The van der Waals surface area contributed by atoms with Gasteiger partial charge in [0.2, 0.25) is 0 Å². The highest BCUT2D eigenvalue weighted by Crippen LogP contribution is 2.13. The van der Waals surface area contributed by atoms with Crippen LogP contribution in [0.1, 0.15) is 12.5 Å². The van der Waals surface area contributed by atoms with Gasteiger partial charge in [-0.25, -0.2) is 4.79 Å². The molecule has 0 atom stereocenters. The first-order valence-electron chi connectivity index (χ1n) is 6.45. The third kappa shape index (κ3) is 3.23. The fraction of sp³-hybridized carbons (Fsp3) is 0.500. The summed E-state index contributed by atoms with van der Waals surface area (Å²) in [4.78, 5) is 16.0. The van der Waals surface area contributed by atoms with Gasteiger partial charge in [-0.1, -0.05) is 24.6 Å². The van der Waals surface area contributed by atoms with Crippen LogP contribution in [-0.2, 0) is 0 Å². The number of rotatable bonds is 2. The summed E-state index contributed by atoms with van der Waals surface area (Å²) in [5, 5.41) is 0. The summed E-state index contributed by atoms with van der Waals surface area (Å²) in [5.74, 6) is 0.614. The summed E-state index contributed by atoms with van der Waals surface area (Å²) < 4.78 is 5.35. The molecule has 0 radical (unpaired) electrons. The number of benzene rings is 1. The second-order valence-electron chi connectivity index (χ2n) is 4.60. The zero-order valence-electron chi connectivity index (χ0n) is 11.1. The molecule has 1 saturated heterocycles. The summed E-state index contributed by atoms with van der Waals surface area (Å²) in [5.41, 5.74) is 1.16. The maximum Gasteiger partial charge on any atom is 0.415 e. The Labute approximate surface area is 108 Å². The lowest BCUT2D eigenvalue weighted by Crippen LogP contribution is -2.49. The van der Waals surface area contributed by atoms with Crippen molar-refractivity contribution in [3.63, 3.8) is 0 Å². The Bertz CT molecular complexity index is 395. The van der Waals surface area contributed by atoms with Crippen molar-refractivity contribution in [3.8, 4) is 5.75 Å². The Morgan fingerprint density at radius 3 is 2.33 bits per heavy atom. The van der Waals surface area contributed by atoms with Gasteiger partial charge in [0.05, 0.1) is 0 Å². The third-order valence-corrected chi connectivity index (χ3v) is 3.30. The van der Waals surface area contributed by atoms with Crippen LogP contribution >= 0.6 is 0 Å². The van der Waals surface area contributed by atoms with Gasteiger partial charge in [-0.3, -0.25) is 0 Å². The van der Waals surface area contributed by atoms with Gasteiger partial charge in [0.25, 0.3) is 0 Å². The summed E-state index contributed by atoms with van der Waals surface area (Å²) in [6.45, 7) is 8.55. The first-order chi connectivity index (χ1) is 8.69. The number of ether oxygens (including phenoxy) is 1. The number of likely N-dealkylation sites (N-methyl/N-ethyl adjacent to an activating group) is 1. The van der Waals surface area contributed by atoms with E-state index in [2.05, 4.69) is 11.8 Å². The van der Waals surface area contributed by atoms with Crippen molar-refractivity contribution in [2.75, 3.05) is 32.7 Å². The monoisotopic (exact) mass is 248 g/mol. The lowest BCUT2D eigenvalue weighted by molar-refractivity contribution is 0.113. The van der Waals surface area contributed by atoms with Crippen molar-refractivity contribution in [1.29, 1.82) is 0 Å². The second-order valence-corrected chi connectivity index (χ2v) is 4.60. The molecule has 98 valence electrons. The molecule has 1 aliphatic heterocycles. The van der Waals surface area contributed by atoms with E-state index in [1.807, 2.05) is 31.2 Å². The summed E-state index contributed by atoms with van der Waals surface area (Å²) in [6.07, 6.45) is -0.241. The first-order valence-corrected chi connectivity index (χ1v) is 6.45. The number of hydrogen-bond acceptors (Lipinski definition) is 3. The van der Waals surface area contributed by atoms with Gasteiger partial charge < -0.3 is 14.5 Å². The molecule has 18 heavy (non-hydrogen) atoms. The second kappa shape index (κ2) is 5.87. The van der Waals surface area contributed by atoms with Crippen molar-refractivity contribution in [2.45, 2.75) is 13.8 Å². The molecule has 0 unspecified atom stereocenters. The van der Waals surface area contributed by atoms with E-state index in [1.165, 1.54) is 0 Å². The highest BCUT2D eigenvalue weighted by atomic mass is 16.6. The van der Waals surface area contributed by atoms with Crippen molar-refractivity contribution in [2.24, 2.45) is 0 Å². The van der Waals surface area contributed by atoms with Gasteiger partial charge in [-0.2, -0.15) is 0 Å². The zero-order chi connectivity index (χ0) is 13.0. The van der Waals surface area contributed by atoms with Gasteiger partial charge in [0.1, 0.15) is 5.75 Å². The molecule has 0 bridgehead atoms. The van der Waals surface area contributed by atoms with Crippen LogP contribution in [0.25, 0.3) is 0 Å². The fourth-order valence-corrected chi connectivity index (χ4v) is 2.02. The van der Waals surface area contributed by atoms with Crippen LogP contribution in [0.2, 0.25) is 0 Å². The molecule has 0 spiro atoms. The Balaban J connectivity index is 1.87. The molecule has 1 aromatic carbocycles. The summed E-state index contributed by atoms with van der Waals surface area (Å²) in [7, 11) is 0. The minimum absolute atomic E-state index is 0.241. The first kappa shape index (κ1) is 12.9. The third-order valence-electron chi connectivity index (χ3n) is 3.30. The highest BCUT2D eigenvalue weighted by Gasteiger charge is 2.21. The summed E-state index contributed by atoms with van der Waals surface area (Å²) in [6, 6.07) is 7.54. The standard InChI is InChI=1S/C14H20N2O2/c1-3-15-8-10-16(11-9-15)14(17)18-13-6-4-12(2)5-7-13/h4-7H,3,8-11H2,1-2H3. The molecule has 4 nitrogen and oxygen atoms in total. The van der Waals surface area contributed by atoms with Gasteiger partial charge in [0.15, 0.2) is 0 Å². The Kier molecular flexibility index (Phi) is 4.20. The van der Waals surface area contributed by atoms with E-state index in [-0.39, 0.29) is 6.09 Å². The number of carbonyl (C=O) groups excluding carboxylic acids is 1. The van der Waals surface area contributed by atoms with E-state index >= 15 is 0 Å². The summed E-state index contributed by atoms with van der Waals surface area (Å²) >= 11 is 0. The molecule has 1 heterocycles. The van der Waals surface area contributed by atoms with E-state index in [1.54, 1.807) is 4.90 Å². The molecule has 1 amide bonds. The molecule has 0 aliphatic carbocycles. The Hall–Kier alpha value is -1.55. The van der Waals surface area contributed by atoms with Crippen LogP contribution in [0.5, 0.6) is 5.75 Å². The van der Waals surface area contributed by atoms with E-state index in [0.29, 0.717) is 5.75 Å². The zero-order valence-corrected chi connectivity index (χ0v) is 11.1. The van der Waals surface area contributed by atoms with Crippen LogP contribution in [-0.4, -0.2) is 48.6 Å². The minimum atomic E-state index is -0.241. The van der Waals surface area contributed by atoms with Crippen LogP contribution in [0.3, 0.4) is 0 Å². The molecular formula is C14H20N2O2. The molecule has 0 N–H and O–H groups in total. The van der Waals surface area contributed by atoms with Crippen molar-refractivity contribution >= 4 is 6.09 Å². The number of nitrogens with zero attached hydrogens (tertiary/aromatic N) is 2. The molecule has 4 heteroatoms. The molecule has 1 fully saturated rings. The van der Waals surface area contributed by atoms with Gasteiger partial charge in [0, 0.05) is 26.2 Å². The number of amides is 1. The van der Waals surface area contributed by atoms with E-state index < -0.39 is 0 Å². The van der Waals surface area contributed by atoms with Gasteiger partial charge in [-0.05, 0) is 25.6 Å². The average molecular weight is 248 g/mol. The largest absolute Gasteiger partial charge is 0.415 e. The van der Waals surface area contributed by atoms with Crippen LogP contribution < -0.4 is 4.74 Å². The van der Waals surface area contributed by atoms with Crippen molar-refractivity contribution in [1.82, 2.24) is 9.80 Å². The molecule has 1 aliphatic rings. The maximum atomic E-state index is 11.9. The predicted molar refractivity (Wildman–Crippen MR) is 70.9 cm³/mol. The van der Waals surface area contributed by atoms with Gasteiger partial charge >= 0.3 is 6.09 Å². The van der Waals surface area contributed by atoms with Crippen LogP contribution in [0.4, 0.5) is 4.79 Å². The molecule has 1 aromatic rings. The van der Waals surface area contributed by atoms with E-state index in [4.69, 9.17) is 4.74 Å². The van der Waals surface area contributed by atoms with Crippen LogP contribution in [0, 0.1) is 6.92 Å². The smallest absolute Gasteiger partial charge is 0.410 e. The van der Waals surface area contributed by atoms with E-state index in [9.17, 15) is 4.79 Å².